The summed E-state index contributed by atoms with van der Waals surface area (Å²) in [4.78, 5) is 4.32. The molecule has 0 aliphatic carbocycles. The first kappa shape index (κ1) is 40.4. The van der Waals surface area contributed by atoms with Crippen LogP contribution in [0.4, 0.5) is 0 Å². The van der Waals surface area contributed by atoms with Gasteiger partial charge < -0.3 is 89.0 Å². The Balaban J connectivity index is 1.20. The van der Waals surface area contributed by atoms with E-state index in [2.05, 4.69) is 9.80 Å². The summed E-state index contributed by atoms with van der Waals surface area (Å²) in [7, 11) is 0. The van der Waals surface area contributed by atoms with Crippen molar-refractivity contribution in [2.75, 3.05) is 78.9 Å². The number of aliphatic hydroxyl groups excluding tert-OH is 10. The SMILES string of the molecule is CC1OC(COC2OC(CO)C(O)C(OC3CN(CCN4CCOCC4)CC(CO)O3)C2O)C(O)C(OC2OC(CO)C(O)C(O)C2O)C1O. The Bertz CT molecular complexity index is 1020. The van der Waals surface area contributed by atoms with Crippen molar-refractivity contribution in [1.29, 1.82) is 0 Å². The second-order valence-corrected chi connectivity index (χ2v) is 13.4. The van der Waals surface area contributed by atoms with E-state index < -0.39 is 124 Å². The lowest BCUT2D eigenvalue weighted by molar-refractivity contribution is -0.352. The van der Waals surface area contributed by atoms with Crippen LogP contribution in [0, 0.1) is 0 Å². The number of nitrogens with zero attached hydrogens (tertiary/aromatic N) is 2. The highest BCUT2D eigenvalue weighted by atomic mass is 16.7. The molecule has 5 rings (SSSR count). The average molecular weight is 731 g/mol. The van der Waals surface area contributed by atoms with Crippen molar-refractivity contribution >= 4 is 0 Å². The summed E-state index contributed by atoms with van der Waals surface area (Å²) in [5, 5.41) is 104. The summed E-state index contributed by atoms with van der Waals surface area (Å²) < 4.78 is 45.5. The molecule has 0 spiro atoms. The Kier molecular flexibility index (Phi) is 14.9. The summed E-state index contributed by atoms with van der Waals surface area (Å²) in [6.45, 7) is 4.44. The van der Waals surface area contributed by atoms with Gasteiger partial charge >= 0.3 is 0 Å². The highest BCUT2D eigenvalue weighted by Gasteiger charge is 2.51. The summed E-state index contributed by atoms with van der Waals surface area (Å²) in [6, 6.07) is 0. The summed E-state index contributed by atoms with van der Waals surface area (Å²) in [5.74, 6) is 0. The number of hydrogen-bond acceptors (Lipinski definition) is 20. The first-order valence-corrected chi connectivity index (χ1v) is 17.1. The highest BCUT2D eigenvalue weighted by molar-refractivity contribution is 4.96. The van der Waals surface area contributed by atoms with Gasteiger partial charge in [0.2, 0.25) is 0 Å². The molecule has 17 atom stereocenters. The lowest BCUT2D eigenvalue weighted by atomic mass is 9.94. The van der Waals surface area contributed by atoms with Gasteiger partial charge in [0.25, 0.3) is 0 Å². The first-order chi connectivity index (χ1) is 23.9. The van der Waals surface area contributed by atoms with Crippen LogP contribution in [-0.2, 0) is 37.9 Å². The van der Waals surface area contributed by atoms with Crippen LogP contribution in [0.25, 0.3) is 0 Å². The maximum absolute atomic E-state index is 11.3. The van der Waals surface area contributed by atoms with E-state index in [1.165, 1.54) is 6.92 Å². The van der Waals surface area contributed by atoms with Crippen molar-refractivity contribution in [2.45, 2.75) is 111 Å². The van der Waals surface area contributed by atoms with Crippen LogP contribution in [0.1, 0.15) is 6.92 Å². The molecule has 0 aromatic rings. The van der Waals surface area contributed by atoms with Gasteiger partial charge in [0.05, 0.1) is 51.8 Å². The molecule has 20 heteroatoms. The van der Waals surface area contributed by atoms with Crippen LogP contribution >= 0.6 is 0 Å². The van der Waals surface area contributed by atoms with E-state index in [9.17, 15) is 51.1 Å². The molecule has 20 nitrogen and oxygen atoms in total. The third-order valence-electron chi connectivity index (χ3n) is 9.87. The van der Waals surface area contributed by atoms with Gasteiger partial charge in [-0.15, -0.1) is 0 Å². The van der Waals surface area contributed by atoms with Crippen LogP contribution in [0.15, 0.2) is 0 Å². The molecule has 5 aliphatic heterocycles. The molecule has 0 radical (unpaired) electrons. The Labute approximate surface area is 289 Å². The Morgan fingerprint density at radius 1 is 0.580 bits per heavy atom. The quantitative estimate of drug-likeness (QED) is 0.0843. The fraction of sp³-hybridized carbons (Fsp3) is 1.00. The van der Waals surface area contributed by atoms with Crippen LogP contribution in [-0.4, -0.2) is 244 Å². The third kappa shape index (κ3) is 9.46. The van der Waals surface area contributed by atoms with Crippen molar-refractivity contribution in [1.82, 2.24) is 9.80 Å². The van der Waals surface area contributed by atoms with Crippen molar-refractivity contribution in [3.05, 3.63) is 0 Å². The third-order valence-corrected chi connectivity index (χ3v) is 9.87. The molecule has 5 aliphatic rings. The van der Waals surface area contributed by atoms with Crippen molar-refractivity contribution in [3.63, 3.8) is 0 Å². The van der Waals surface area contributed by atoms with E-state index >= 15 is 0 Å². The molecule has 0 saturated carbocycles. The number of aliphatic hydroxyl groups is 10. The maximum atomic E-state index is 11.3. The summed E-state index contributed by atoms with van der Waals surface area (Å²) in [6.07, 6.45) is -23.7. The fourth-order valence-corrected chi connectivity index (χ4v) is 6.81. The minimum Gasteiger partial charge on any atom is -0.394 e. The molecular formula is C30H54N2O18. The molecular weight excluding hydrogens is 676 g/mol. The first-order valence-electron chi connectivity index (χ1n) is 17.1. The van der Waals surface area contributed by atoms with E-state index in [0.717, 1.165) is 19.6 Å². The zero-order valence-electron chi connectivity index (χ0n) is 27.9. The Morgan fingerprint density at radius 2 is 1.20 bits per heavy atom. The molecule has 0 amide bonds. The normalized spacial score (nSPS) is 47.0. The zero-order chi connectivity index (χ0) is 36.1. The molecule has 5 heterocycles. The lowest BCUT2D eigenvalue weighted by Gasteiger charge is -2.47. The smallest absolute Gasteiger partial charge is 0.187 e. The second kappa shape index (κ2) is 18.5. The van der Waals surface area contributed by atoms with Crippen molar-refractivity contribution < 1.29 is 89.0 Å². The fourth-order valence-electron chi connectivity index (χ4n) is 6.81. The predicted octanol–water partition coefficient (Wildman–Crippen LogP) is -7.13. The maximum Gasteiger partial charge on any atom is 0.187 e. The molecule has 5 saturated heterocycles. The highest BCUT2D eigenvalue weighted by Crippen LogP contribution is 2.31. The largest absolute Gasteiger partial charge is 0.394 e. The van der Waals surface area contributed by atoms with Gasteiger partial charge in [-0.3, -0.25) is 9.80 Å². The molecule has 10 N–H and O–H groups in total. The van der Waals surface area contributed by atoms with E-state index in [1.54, 1.807) is 0 Å². The van der Waals surface area contributed by atoms with E-state index in [4.69, 9.17) is 37.9 Å². The lowest BCUT2D eigenvalue weighted by Crippen LogP contribution is -2.65. The zero-order valence-corrected chi connectivity index (χ0v) is 27.9. The Hall–Kier alpha value is -0.800. The van der Waals surface area contributed by atoms with Gasteiger partial charge in [0.1, 0.15) is 73.2 Å². The average Bonchev–Trinajstić information content (AvgIpc) is 3.12. The molecule has 17 unspecified atom stereocenters. The van der Waals surface area contributed by atoms with Gasteiger partial charge in [0, 0.05) is 39.3 Å². The van der Waals surface area contributed by atoms with Crippen LogP contribution < -0.4 is 0 Å². The van der Waals surface area contributed by atoms with Crippen LogP contribution in [0.3, 0.4) is 0 Å². The van der Waals surface area contributed by atoms with Crippen LogP contribution in [0.5, 0.6) is 0 Å². The molecule has 292 valence electrons. The van der Waals surface area contributed by atoms with Crippen molar-refractivity contribution in [2.24, 2.45) is 0 Å². The Morgan fingerprint density at radius 3 is 1.88 bits per heavy atom. The summed E-state index contributed by atoms with van der Waals surface area (Å²) in [5.41, 5.74) is 0. The minimum absolute atomic E-state index is 0.269. The van der Waals surface area contributed by atoms with E-state index in [0.29, 0.717) is 26.3 Å². The van der Waals surface area contributed by atoms with Gasteiger partial charge in [-0.25, -0.2) is 0 Å². The topological polar surface area (TPSA) is 283 Å². The molecule has 0 aromatic heterocycles. The number of ether oxygens (including phenoxy) is 8. The number of morpholine rings is 2. The second-order valence-electron chi connectivity index (χ2n) is 13.4. The monoisotopic (exact) mass is 730 g/mol. The van der Waals surface area contributed by atoms with Gasteiger partial charge in [-0.1, -0.05) is 0 Å². The minimum atomic E-state index is -1.79. The number of rotatable bonds is 13. The molecule has 5 fully saturated rings. The van der Waals surface area contributed by atoms with Crippen LogP contribution in [0.2, 0.25) is 0 Å². The molecule has 0 bridgehead atoms. The van der Waals surface area contributed by atoms with Gasteiger partial charge in [0.15, 0.2) is 18.9 Å². The van der Waals surface area contributed by atoms with Crippen molar-refractivity contribution in [3.8, 4) is 0 Å². The molecule has 0 aromatic carbocycles. The van der Waals surface area contributed by atoms with Gasteiger partial charge in [-0.05, 0) is 6.92 Å². The predicted molar refractivity (Wildman–Crippen MR) is 163 cm³/mol. The summed E-state index contributed by atoms with van der Waals surface area (Å²) >= 11 is 0. The van der Waals surface area contributed by atoms with E-state index in [1.807, 2.05) is 0 Å². The van der Waals surface area contributed by atoms with E-state index in [-0.39, 0.29) is 13.2 Å². The molecule has 50 heavy (non-hydrogen) atoms. The standard InChI is InChI=1S/C30H54N2O18/c1-14-20(36)27(50-30-25(41)24(40)21(37)16(11-34)48-30)23(39)18(45-14)13-44-29-26(42)28(22(38)17(12-35)47-29)49-19-9-32(8-15(10-33)46-19)3-2-31-4-6-43-7-5-31/h14-30,33-42H,2-13H2,1H3. The number of hydrogen-bond donors (Lipinski definition) is 10. The van der Waals surface area contributed by atoms with Gasteiger partial charge in [-0.2, -0.15) is 0 Å².